The summed E-state index contributed by atoms with van der Waals surface area (Å²) in [7, 11) is 0. The van der Waals surface area contributed by atoms with E-state index in [2.05, 4.69) is 12.2 Å². The maximum Gasteiger partial charge on any atom is 0.253 e. The molecule has 1 aliphatic heterocycles. The van der Waals surface area contributed by atoms with Crippen LogP contribution in [0.5, 0.6) is 0 Å². The summed E-state index contributed by atoms with van der Waals surface area (Å²) in [6.45, 7) is 4.78. The fourth-order valence-electron chi connectivity index (χ4n) is 3.98. The third-order valence-electron chi connectivity index (χ3n) is 5.81. The molecule has 2 fully saturated rings. The number of hydrogen-bond acceptors (Lipinski definition) is 3. The van der Waals surface area contributed by atoms with Crippen LogP contribution >= 0.6 is 0 Å². The highest BCUT2D eigenvalue weighted by molar-refractivity contribution is 5.94. The van der Waals surface area contributed by atoms with Crippen LogP contribution in [0.25, 0.3) is 0 Å². The van der Waals surface area contributed by atoms with Gasteiger partial charge in [-0.1, -0.05) is 25.1 Å². The molecule has 29 heavy (non-hydrogen) atoms. The smallest absolute Gasteiger partial charge is 0.253 e. The van der Waals surface area contributed by atoms with Crippen molar-refractivity contribution in [3.8, 4) is 0 Å². The maximum atomic E-state index is 12.8. The number of nitrogens with one attached hydrogen (secondary N) is 1. The van der Waals surface area contributed by atoms with E-state index in [0.717, 1.165) is 44.2 Å². The van der Waals surface area contributed by atoms with Crippen LogP contribution in [-0.4, -0.2) is 59.7 Å². The molecule has 1 aromatic carbocycles. The SMILES string of the molecule is CCCN(C(=O)CCCNC(=O)C1CC1)C1CCN(C(=O)c2ccccc2)CC1. The molecule has 0 aromatic heterocycles. The Labute approximate surface area is 173 Å². The molecule has 1 N–H and O–H groups in total. The van der Waals surface area contributed by atoms with Crippen LogP contribution in [-0.2, 0) is 9.59 Å². The zero-order valence-corrected chi connectivity index (χ0v) is 17.4. The Bertz CT molecular complexity index is 695. The van der Waals surface area contributed by atoms with Crippen LogP contribution in [0.3, 0.4) is 0 Å². The third kappa shape index (κ3) is 6.05. The van der Waals surface area contributed by atoms with Gasteiger partial charge in [0.2, 0.25) is 11.8 Å². The van der Waals surface area contributed by atoms with Crippen molar-refractivity contribution in [2.45, 2.75) is 57.9 Å². The molecule has 6 heteroatoms. The average Bonchev–Trinajstić information content (AvgIpc) is 3.60. The number of hydrogen-bond donors (Lipinski definition) is 1. The van der Waals surface area contributed by atoms with E-state index < -0.39 is 0 Å². The van der Waals surface area contributed by atoms with Gasteiger partial charge in [-0.15, -0.1) is 0 Å². The highest BCUT2D eigenvalue weighted by Gasteiger charge is 2.30. The maximum absolute atomic E-state index is 12.8. The first-order chi connectivity index (χ1) is 14.1. The summed E-state index contributed by atoms with van der Waals surface area (Å²) in [4.78, 5) is 41.0. The second-order valence-electron chi connectivity index (χ2n) is 8.15. The fourth-order valence-corrected chi connectivity index (χ4v) is 3.98. The van der Waals surface area contributed by atoms with Gasteiger partial charge in [0.05, 0.1) is 0 Å². The van der Waals surface area contributed by atoms with E-state index in [1.54, 1.807) is 0 Å². The van der Waals surface area contributed by atoms with Crippen molar-refractivity contribution in [2.24, 2.45) is 5.92 Å². The van der Waals surface area contributed by atoms with E-state index in [4.69, 9.17) is 0 Å². The van der Waals surface area contributed by atoms with Gasteiger partial charge in [-0.2, -0.15) is 0 Å². The normalized spacial score (nSPS) is 17.1. The molecule has 1 aliphatic carbocycles. The Balaban J connectivity index is 1.44. The zero-order valence-electron chi connectivity index (χ0n) is 17.4. The number of carbonyl (C=O) groups excluding carboxylic acids is 3. The van der Waals surface area contributed by atoms with Gasteiger partial charge in [0.25, 0.3) is 5.91 Å². The highest BCUT2D eigenvalue weighted by atomic mass is 16.2. The fraction of sp³-hybridized carbons (Fsp3) is 0.609. The van der Waals surface area contributed by atoms with Crippen molar-refractivity contribution in [1.82, 2.24) is 15.1 Å². The summed E-state index contributed by atoms with van der Waals surface area (Å²) in [6.07, 6.45) is 5.72. The van der Waals surface area contributed by atoms with Crippen molar-refractivity contribution >= 4 is 17.7 Å². The van der Waals surface area contributed by atoms with Crippen molar-refractivity contribution in [3.63, 3.8) is 0 Å². The van der Waals surface area contributed by atoms with E-state index in [1.165, 1.54) is 0 Å². The van der Waals surface area contributed by atoms with Crippen molar-refractivity contribution in [1.29, 1.82) is 0 Å². The van der Waals surface area contributed by atoms with Gasteiger partial charge in [0, 0.05) is 50.1 Å². The number of benzene rings is 1. The summed E-state index contributed by atoms with van der Waals surface area (Å²) in [5.74, 6) is 0.591. The van der Waals surface area contributed by atoms with E-state index >= 15 is 0 Å². The quantitative estimate of drug-likeness (QED) is 0.649. The van der Waals surface area contributed by atoms with Gasteiger partial charge in [0.15, 0.2) is 0 Å². The molecule has 0 bridgehead atoms. The Morgan fingerprint density at radius 2 is 1.76 bits per heavy atom. The molecule has 3 rings (SSSR count). The van der Waals surface area contributed by atoms with E-state index in [1.807, 2.05) is 40.1 Å². The van der Waals surface area contributed by atoms with Crippen molar-refractivity contribution < 1.29 is 14.4 Å². The van der Waals surface area contributed by atoms with E-state index in [0.29, 0.717) is 32.5 Å². The minimum absolute atomic E-state index is 0.0730. The molecular formula is C23H33N3O3. The molecule has 1 aromatic rings. The minimum Gasteiger partial charge on any atom is -0.356 e. The standard InChI is InChI=1S/C23H33N3O3/c1-2-15-26(21(27)9-6-14-24-22(28)18-10-11-18)20-12-16-25(17-13-20)23(29)19-7-4-3-5-8-19/h3-5,7-8,18,20H,2,6,9-17H2,1H3,(H,24,28). The van der Waals surface area contributed by atoms with Crippen molar-refractivity contribution in [2.75, 3.05) is 26.2 Å². The number of likely N-dealkylation sites (tertiary alicyclic amines) is 1. The first kappa shape index (κ1) is 21.3. The summed E-state index contributed by atoms with van der Waals surface area (Å²) in [5, 5.41) is 2.93. The van der Waals surface area contributed by atoms with Gasteiger partial charge in [-0.25, -0.2) is 0 Å². The summed E-state index contributed by atoms with van der Waals surface area (Å²) in [5.41, 5.74) is 0.723. The van der Waals surface area contributed by atoms with Crippen LogP contribution in [0.1, 0.15) is 62.2 Å². The number of carbonyl (C=O) groups is 3. The molecule has 0 unspecified atom stereocenters. The lowest BCUT2D eigenvalue weighted by molar-refractivity contribution is -0.134. The Morgan fingerprint density at radius 1 is 1.07 bits per heavy atom. The molecule has 1 saturated carbocycles. The first-order valence-corrected chi connectivity index (χ1v) is 11.0. The number of rotatable bonds is 9. The highest BCUT2D eigenvalue weighted by Crippen LogP contribution is 2.28. The van der Waals surface area contributed by atoms with Gasteiger partial charge in [-0.05, 0) is 50.7 Å². The monoisotopic (exact) mass is 399 g/mol. The van der Waals surface area contributed by atoms with Crippen LogP contribution in [0.2, 0.25) is 0 Å². The number of amides is 3. The zero-order chi connectivity index (χ0) is 20.6. The lowest BCUT2D eigenvalue weighted by Gasteiger charge is -2.38. The molecule has 1 saturated heterocycles. The summed E-state index contributed by atoms with van der Waals surface area (Å²) >= 11 is 0. The largest absolute Gasteiger partial charge is 0.356 e. The first-order valence-electron chi connectivity index (χ1n) is 11.0. The molecule has 3 amide bonds. The van der Waals surface area contributed by atoms with Crippen LogP contribution in [0.15, 0.2) is 30.3 Å². The van der Waals surface area contributed by atoms with Gasteiger partial charge in [0.1, 0.15) is 0 Å². The molecule has 158 valence electrons. The number of piperidine rings is 1. The van der Waals surface area contributed by atoms with Crippen LogP contribution in [0, 0.1) is 5.92 Å². The molecule has 0 radical (unpaired) electrons. The Kier molecular flexibility index (Phi) is 7.67. The second kappa shape index (κ2) is 10.4. The summed E-state index contributed by atoms with van der Waals surface area (Å²) < 4.78 is 0. The molecular weight excluding hydrogens is 366 g/mol. The lowest BCUT2D eigenvalue weighted by atomic mass is 10.0. The van der Waals surface area contributed by atoms with Crippen LogP contribution in [0.4, 0.5) is 0 Å². The van der Waals surface area contributed by atoms with Gasteiger partial charge < -0.3 is 15.1 Å². The van der Waals surface area contributed by atoms with E-state index in [-0.39, 0.29) is 29.7 Å². The van der Waals surface area contributed by atoms with Crippen LogP contribution < -0.4 is 5.32 Å². The summed E-state index contributed by atoms with van der Waals surface area (Å²) in [6, 6.07) is 9.58. The topological polar surface area (TPSA) is 69.7 Å². The molecule has 6 nitrogen and oxygen atoms in total. The Hall–Kier alpha value is -2.37. The van der Waals surface area contributed by atoms with E-state index in [9.17, 15) is 14.4 Å². The average molecular weight is 400 g/mol. The molecule has 1 heterocycles. The molecule has 2 aliphatic rings. The van der Waals surface area contributed by atoms with Crippen molar-refractivity contribution in [3.05, 3.63) is 35.9 Å². The molecule has 0 spiro atoms. The lowest BCUT2D eigenvalue weighted by Crippen LogP contribution is -2.49. The predicted molar refractivity (Wildman–Crippen MR) is 112 cm³/mol. The van der Waals surface area contributed by atoms with Gasteiger partial charge in [-0.3, -0.25) is 14.4 Å². The minimum atomic E-state index is 0.0730. The molecule has 0 atom stereocenters. The second-order valence-corrected chi connectivity index (χ2v) is 8.15. The predicted octanol–water partition coefficient (Wildman–Crippen LogP) is 2.84. The third-order valence-corrected chi connectivity index (χ3v) is 5.81. The van der Waals surface area contributed by atoms with Gasteiger partial charge >= 0.3 is 0 Å². The number of nitrogens with zero attached hydrogens (tertiary/aromatic N) is 2. The Morgan fingerprint density at radius 3 is 2.38 bits per heavy atom.